The van der Waals surface area contributed by atoms with Crippen molar-refractivity contribution in [1.29, 1.82) is 0 Å². The average Bonchev–Trinajstić information content (AvgIpc) is 2.69. The van der Waals surface area contributed by atoms with Crippen molar-refractivity contribution >= 4 is 0 Å². The molecule has 0 spiro atoms. The summed E-state index contributed by atoms with van der Waals surface area (Å²) in [5, 5.41) is 11.7. The first-order chi connectivity index (χ1) is 13.4. The van der Waals surface area contributed by atoms with Crippen LogP contribution in [-0.4, -0.2) is 43.9 Å². The molecule has 0 heterocycles. The van der Waals surface area contributed by atoms with Gasteiger partial charge in [0, 0.05) is 18.0 Å². The number of para-hydroxylation sites is 1. The molecule has 0 bridgehead atoms. The van der Waals surface area contributed by atoms with Crippen molar-refractivity contribution in [3.05, 3.63) is 65.5 Å². The van der Waals surface area contributed by atoms with E-state index in [-0.39, 0.29) is 17.8 Å². The normalized spacial score (nSPS) is 25.1. The molecule has 2 aromatic carbocycles. The zero-order valence-corrected chi connectivity index (χ0v) is 16.9. The van der Waals surface area contributed by atoms with Crippen molar-refractivity contribution in [3.8, 4) is 5.75 Å². The van der Waals surface area contributed by atoms with Gasteiger partial charge in [0.1, 0.15) is 11.6 Å². The summed E-state index contributed by atoms with van der Waals surface area (Å²) >= 11 is 0. The van der Waals surface area contributed by atoms with E-state index >= 15 is 0 Å². The van der Waals surface area contributed by atoms with Crippen LogP contribution in [0.1, 0.15) is 30.4 Å². The smallest absolute Gasteiger partial charge is 0.124 e. The fourth-order valence-electron chi connectivity index (χ4n) is 4.18. The summed E-state index contributed by atoms with van der Waals surface area (Å²) in [7, 11) is 5.68. The van der Waals surface area contributed by atoms with E-state index in [4.69, 9.17) is 9.47 Å². The van der Waals surface area contributed by atoms with Crippen LogP contribution in [0.2, 0.25) is 0 Å². The summed E-state index contributed by atoms with van der Waals surface area (Å²) in [5.41, 5.74) is 0.851. The highest BCUT2D eigenvalue weighted by Crippen LogP contribution is 2.46. The molecule has 4 nitrogen and oxygen atoms in total. The standard InChI is InChI=1S/C23H30FNO3/c1-25(2)15-18-14-20(28-16-17-8-10-19(24)11-9-17)12-13-23(18,26)21-6-4-5-7-22(21)27-3/h4-11,18,20,26H,12-16H2,1-3H3. The average molecular weight is 387 g/mol. The van der Waals surface area contributed by atoms with Gasteiger partial charge in [-0.1, -0.05) is 30.3 Å². The van der Waals surface area contributed by atoms with Gasteiger partial charge < -0.3 is 19.5 Å². The topological polar surface area (TPSA) is 41.9 Å². The van der Waals surface area contributed by atoms with Gasteiger partial charge in [0.15, 0.2) is 0 Å². The van der Waals surface area contributed by atoms with E-state index in [9.17, 15) is 9.50 Å². The van der Waals surface area contributed by atoms with E-state index in [1.807, 2.05) is 38.4 Å². The Hall–Kier alpha value is -1.95. The lowest BCUT2D eigenvalue weighted by Gasteiger charge is -2.44. The Bertz CT molecular complexity index is 765. The number of aliphatic hydroxyl groups is 1. The van der Waals surface area contributed by atoms with Crippen LogP contribution in [0.5, 0.6) is 5.75 Å². The maximum Gasteiger partial charge on any atom is 0.124 e. The van der Waals surface area contributed by atoms with Crippen LogP contribution in [0, 0.1) is 11.7 Å². The summed E-state index contributed by atoms with van der Waals surface area (Å²) < 4.78 is 24.7. The SMILES string of the molecule is COc1ccccc1C1(O)CCC(OCc2ccc(F)cc2)CC1CN(C)C. The van der Waals surface area contributed by atoms with Gasteiger partial charge in [-0.15, -0.1) is 0 Å². The Morgan fingerprint density at radius 1 is 1.14 bits per heavy atom. The molecule has 1 aliphatic rings. The summed E-state index contributed by atoms with van der Waals surface area (Å²) in [6.07, 6.45) is 2.19. The minimum Gasteiger partial charge on any atom is -0.496 e. The maximum atomic E-state index is 13.1. The van der Waals surface area contributed by atoms with Crippen molar-refractivity contribution in [1.82, 2.24) is 4.90 Å². The number of benzene rings is 2. The minimum absolute atomic E-state index is 0.0192. The monoisotopic (exact) mass is 387 g/mol. The number of hydrogen-bond acceptors (Lipinski definition) is 4. The first-order valence-electron chi connectivity index (χ1n) is 9.79. The first-order valence-corrected chi connectivity index (χ1v) is 9.79. The quantitative estimate of drug-likeness (QED) is 0.781. The van der Waals surface area contributed by atoms with Crippen LogP contribution < -0.4 is 4.74 Å². The van der Waals surface area contributed by atoms with Crippen LogP contribution in [-0.2, 0) is 16.9 Å². The van der Waals surface area contributed by atoms with Crippen LogP contribution in [0.4, 0.5) is 4.39 Å². The van der Waals surface area contributed by atoms with E-state index < -0.39 is 5.60 Å². The van der Waals surface area contributed by atoms with E-state index in [0.29, 0.717) is 13.0 Å². The molecule has 0 amide bonds. The van der Waals surface area contributed by atoms with Crippen LogP contribution in [0.3, 0.4) is 0 Å². The highest BCUT2D eigenvalue weighted by atomic mass is 19.1. The molecule has 1 saturated carbocycles. The lowest BCUT2D eigenvalue weighted by Crippen LogP contribution is -2.47. The van der Waals surface area contributed by atoms with E-state index in [2.05, 4.69) is 4.90 Å². The zero-order chi connectivity index (χ0) is 20.1. The highest BCUT2D eigenvalue weighted by Gasteiger charge is 2.45. The molecule has 0 radical (unpaired) electrons. The van der Waals surface area contributed by atoms with Crippen molar-refractivity contribution in [2.45, 2.75) is 37.6 Å². The first kappa shape index (κ1) is 20.8. The summed E-state index contributed by atoms with van der Waals surface area (Å²) in [6, 6.07) is 14.1. The Balaban J connectivity index is 1.74. The molecule has 2 aromatic rings. The maximum absolute atomic E-state index is 13.1. The van der Waals surface area contributed by atoms with Crippen molar-refractivity contribution in [2.75, 3.05) is 27.7 Å². The Morgan fingerprint density at radius 3 is 2.54 bits per heavy atom. The second-order valence-electron chi connectivity index (χ2n) is 7.92. The highest BCUT2D eigenvalue weighted by molar-refractivity contribution is 5.39. The second kappa shape index (κ2) is 9.03. The number of hydrogen-bond donors (Lipinski definition) is 1. The third-order valence-corrected chi connectivity index (χ3v) is 5.63. The molecule has 0 aromatic heterocycles. The fraction of sp³-hybridized carbons (Fsp3) is 0.478. The Labute approximate surface area is 166 Å². The van der Waals surface area contributed by atoms with Gasteiger partial charge in [-0.3, -0.25) is 0 Å². The largest absolute Gasteiger partial charge is 0.496 e. The molecular formula is C23H30FNO3. The Kier molecular flexibility index (Phi) is 6.70. The number of methoxy groups -OCH3 is 1. The molecule has 28 heavy (non-hydrogen) atoms. The zero-order valence-electron chi connectivity index (χ0n) is 16.9. The van der Waals surface area contributed by atoms with Crippen LogP contribution >= 0.6 is 0 Å². The molecular weight excluding hydrogens is 357 g/mol. The molecule has 1 N–H and O–H groups in total. The van der Waals surface area contributed by atoms with Crippen LogP contribution in [0.25, 0.3) is 0 Å². The van der Waals surface area contributed by atoms with E-state index in [1.165, 1.54) is 12.1 Å². The van der Waals surface area contributed by atoms with Crippen LogP contribution in [0.15, 0.2) is 48.5 Å². The van der Waals surface area contributed by atoms with Gasteiger partial charge in [0.2, 0.25) is 0 Å². The number of halogens is 1. The predicted molar refractivity (Wildman–Crippen MR) is 108 cm³/mol. The molecule has 3 rings (SSSR count). The lowest BCUT2D eigenvalue weighted by atomic mass is 9.70. The molecule has 152 valence electrons. The molecule has 3 atom stereocenters. The third-order valence-electron chi connectivity index (χ3n) is 5.63. The number of nitrogens with zero attached hydrogens (tertiary/aromatic N) is 1. The lowest BCUT2D eigenvalue weighted by molar-refractivity contribution is -0.111. The van der Waals surface area contributed by atoms with Gasteiger partial charge in [0.25, 0.3) is 0 Å². The predicted octanol–water partition coefficient (Wildman–Crippen LogP) is 3.97. The van der Waals surface area contributed by atoms with Gasteiger partial charge in [-0.25, -0.2) is 4.39 Å². The van der Waals surface area contributed by atoms with Gasteiger partial charge in [-0.2, -0.15) is 0 Å². The van der Waals surface area contributed by atoms with E-state index in [0.717, 1.165) is 36.3 Å². The van der Waals surface area contributed by atoms with Crippen molar-refractivity contribution < 1.29 is 19.0 Å². The molecule has 0 aliphatic heterocycles. The van der Waals surface area contributed by atoms with Crippen molar-refractivity contribution in [3.63, 3.8) is 0 Å². The summed E-state index contributed by atoms with van der Waals surface area (Å²) in [6.45, 7) is 1.21. The fourth-order valence-corrected chi connectivity index (χ4v) is 4.18. The van der Waals surface area contributed by atoms with E-state index in [1.54, 1.807) is 19.2 Å². The summed E-state index contributed by atoms with van der Waals surface area (Å²) in [5.74, 6) is 0.500. The molecule has 5 heteroatoms. The number of rotatable bonds is 7. The minimum atomic E-state index is -0.952. The second-order valence-corrected chi connectivity index (χ2v) is 7.92. The molecule has 3 unspecified atom stereocenters. The molecule has 0 saturated heterocycles. The summed E-state index contributed by atoms with van der Waals surface area (Å²) in [4.78, 5) is 2.10. The third kappa shape index (κ3) is 4.72. The van der Waals surface area contributed by atoms with Crippen molar-refractivity contribution in [2.24, 2.45) is 5.92 Å². The molecule has 1 aliphatic carbocycles. The van der Waals surface area contributed by atoms with Gasteiger partial charge in [0.05, 0.1) is 25.4 Å². The van der Waals surface area contributed by atoms with Gasteiger partial charge >= 0.3 is 0 Å². The Morgan fingerprint density at radius 2 is 1.86 bits per heavy atom. The molecule has 1 fully saturated rings. The van der Waals surface area contributed by atoms with Gasteiger partial charge in [-0.05, 0) is 57.1 Å². The number of ether oxygens (including phenoxy) is 2.